The predicted molar refractivity (Wildman–Crippen MR) is 90.4 cm³/mol. The molecule has 21 heavy (non-hydrogen) atoms. The molecular formula is C19H38O2. The highest BCUT2D eigenvalue weighted by atomic mass is 16.3. The molecule has 0 bridgehead atoms. The summed E-state index contributed by atoms with van der Waals surface area (Å²) in [6, 6.07) is 0. The number of aliphatic hydroxyl groups excluding tert-OH is 2. The van der Waals surface area contributed by atoms with Gasteiger partial charge in [-0.25, -0.2) is 0 Å². The van der Waals surface area contributed by atoms with Crippen molar-refractivity contribution in [2.24, 2.45) is 10.8 Å². The van der Waals surface area contributed by atoms with Gasteiger partial charge in [0.2, 0.25) is 0 Å². The first-order valence-electron chi connectivity index (χ1n) is 9.22. The fourth-order valence-electron chi connectivity index (χ4n) is 3.22. The molecule has 0 radical (unpaired) electrons. The Labute approximate surface area is 132 Å². The highest BCUT2D eigenvalue weighted by Gasteiger charge is 2.40. The van der Waals surface area contributed by atoms with E-state index in [4.69, 9.17) is 5.11 Å². The van der Waals surface area contributed by atoms with Crippen LogP contribution in [-0.2, 0) is 0 Å². The molecule has 1 rings (SSSR count). The van der Waals surface area contributed by atoms with Crippen molar-refractivity contribution in [1.29, 1.82) is 0 Å². The Bertz CT molecular complexity index is 269. The van der Waals surface area contributed by atoms with E-state index >= 15 is 0 Å². The molecule has 0 heterocycles. The van der Waals surface area contributed by atoms with Gasteiger partial charge < -0.3 is 10.2 Å². The van der Waals surface area contributed by atoms with Crippen LogP contribution in [0.2, 0.25) is 0 Å². The number of hydrogen-bond donors (Lipinski definition) is 2. The van der Waals surface area contributed by atoms with Crippen molar-refractivity contribution in [3.05, 3.63) is 0 Å². The van der Waals surface area contributed by atoms with E-state index in [1.165, 1.54) is 51.4 Å². The lowest BCUT2D eigenvalue weighted by molar-refractivity contribution is 0.143. The molecule has 1 unspecified atom stereocenters. The van der Waals surface area contributed by atoms with Gasteiger partial charge in [-0.05, 0) is 55.8 Å². The summed E-state index contributed by atoms with van der Waals surface area (Å²) in [7, 11) is 0. The van der Waals surface area contributed by atoms with Gasteiger partial charge in [0.1, 0.15) is 0 Å². The number of unbranched alkanes of at least 4 members (excludes halogenated alkanes) is 2. The molecular weight excluding hydrogens is 260 g/mol. The lowest BCUT2D eigenvalue weighted by atomic mass is 9.84. The zero-order chi connectivity index (χ0) is 15.8. The van der Waals surface area contributed by atoms with Crippen molar-refractivity contribution in [3.63, 3.8) is 0 Å². The zero-order valence-corrected chi connectivity index (χ0v) is 14.7. The lowest BCUT2D eigenvalue weighted by Gasteiger charge is -2.22. The van der Waals surface area contributed by atoms with Gasteiger partial charge in [-0.3, -0.25) is 0 Å². The molecule has 2 heteroatoms. The maximum absolute atomic E-state index is 10.0. The summed E-state index contributed by atoms with van der Waals surface area (Å²) in [5.41, 5.74) is 0.960. The SMILES string of the molecule is CCC(C)(C)CCCCC(O)CCCCC1(CCO)CC1. The second-order valence-corrected chi connectivity index (χ2v) is 8.14. The minimum absolute atomic E-state index is 0.0947. The zero-order valence-electron chi connectivity index (χ0n) is 14.7. The molecule has 0 aromatic rings. The van der Waals surface area contributed by atoms with E-state index in [1.54, 1.807) is 0 Å². The van der Waals surface area contributed by atoms with Crippen LogP contribution < -0.4 is 0 Å². The third kappa shape index (κ3) is 8.21. The van der Waals surface area contributed by atoms with Crippen LogP contribution in [0.25, 0.3) is 0 Å². The lowest BCUT2D eigenvalue weighted by Crippen LogP contribution is -2.11. The van der Waals surface area contributed by atoms with Crippen LogP contribution in [0.4, 0.5) is 0 Å². The smallest absolute Gasteiger partial charge is 0.0540 e. The second-order valence-electron chi connectivity index (χ2n) is 8.14. The Morgan fingerprint density at radius 3 is 2.14 bits per heavy atom. The fourth-order valence-corrected chi connectivity index (χ4v) is 3.22. The van der Waals surface area contributed by atoms with Crippen LogP contribution in [0.1, 0.15) is 97.8 Å². The molecule has 1 saturated carbocycles. The minimum Gasteiger partial charge on any atom is -0.396 e. The van der Waals surface area contributed by atoms with Crippen molar-refractivity contribution < 1.29 is 10.2 Å². The van der Waals surface area contributed by atoms with Gasteiger partial charge in [-0.15, -0.1) is 0 Å². The fraction of sp³-hybridized carbons (Fsp3) is 1.00. The molecule has 0 aromatic heterocycles. The topological polar surface area (TPSA) is 40.5 Å². The van der Waals surface area contributed by atoms with Crippen LogP contribution in [0.5, 0.6) is 0 Å². The first-order chi connectivity index (χ1) is 9.93. The summed E-state index contributed by atoms with van der Waals surface area (Å²) in [4.78, 5) is 0. The Kier molecular flexibility index (Phi) is 8.26. The maximum atomic E-state index is 10.0. The molecule has 0 amide bonds. The number of hydrogen-bond acceptors (Lipinski definition) is 2. The first-order valence-corrected chi connectivity index (χ1v) is 9.22. The van der Waals surface area contributed by atoms with E-state index in [9.17, 15) is 5.11 Å². The predicted octanol–water partition coefficient (Wildman–Crippen LogP) is 5.07. The summed E-state index contributed by atoms with van der Waals surface area (Å²) in [6.45, 7) is 7.28. The molecule has 0 aliphatic heterocycles. The normalized spacial score (nSPS) is 18.7. The summed E-state index contributed by atoms with van der Waals surface area (Å²) in [6.07, 6.45) is 14.0. The Hall–Kier alpha value is -0.0800. The van der Waals surface area contributed by atoms with Crippen LogP contribution in [0, 0.1) is 10.8 Å². The van der Waals surface area contributed by atoms with E-state index in [0.717, 1.165) is 25.7 Å². The van der Waals surface area contributed by atoms with Crippen LogP contribution in [0.3, 0.4) is 0 Å². The molecule has 126 valence electrons. The van der Waals surface area contributed by atoms with Crippen molar-refractivity contribution in [2.45, 2.75) is 104 Å². The second kappa shape index (κ2) is 9.15. The summed E-state index contributed by atoms with van der Waals surface area (Å²) >= 11 is 0. The molecule has 2 N–H and O–H groups in total. The molecule has 0 saturated heterocycles. The summed E-state index contributed by atoms with van der Waals surface area (Å²) < 4.78 is 0. The van der Waals surface area contributed by atoms with Gasteiger partial charge >= 0.3 is 0 Å². The van der Waals surface area contributed by atoms with Crippen LogP contribution >= 0.6 is 0 Å². The van der Waals surface area contributed by atoms with Crippen molar-refractivity contribution in [3.8, 4) is 0 Å². The van der Waals surface area contributed by atoms with Crippen molar-refractivity contribution in [2.75, 3.05) is 6.61 Å². The number of rotatable bonds is 13. The quantitative estimate of drug-likeness (QED) is 0.466. The molecule has 1 aliphatic carbocycles. The molecule has 2 nitrogen and oxygen atoms in total. The average molecular weight is 299 g/mol. The van der Waals surface area contributed by atoms with E-state index in [2.05, 4.69) is 20.8 Å². The van der Waals surface area contributed by atoms with Gasteiger partial charge in [-0.2, -0.15) is 0 Å². The molecule has 0 spiro atoms. The van der Waals surface area contributed by atoms with Gasteiger partial charge in [0.25, 0.3) is 0 Å². The summed E-state index contributed by atoms with van der Waals surface area (Å²) in [5.74, 6) is 0. The van der Waals surface area contributed by atoms with E-state index < -0.39 is 0 Å². The third-order valence-electron chi connectivity index (χ3n) is 5.69. The monoisotopic (exact) mass is 298 g/mol. The van der Waals surface area contributed by atoms with Gasteiger partial charge in [0, 0.05) is 6.61 Å². The first kappa shape index (κ1) is 19.0. The van der Waals surface area contributed by atoms with Gasteiger partial charge in [0.15, 0.2) is 0 Å². The maximum Gasteiger partial charge on any atom is 0.0540 e. The third-order valence-corrected chi connectivity index (χ3v) is 5.69. The standard InChI is InChI=1S/C19H38O2/c1-4-18(2,3)11-7-5-9-17(21)10-6-8-12-19(13-14-19)15-16-20/h17,20-21H,4-16H2,1-3H3. The van der Waals surface area contributed by atoms with E-state index in [-0.39, 0.29) is 6.10 Å². The van der Waals surface area contributed by atoms with Crippen molar-refractivity contribution in [1.82, 2.24) is 0 Å². The number of aliphatic hydroxyl groups is 2. The van der Waals surface area contributed by atoms with Crippen molar-refractivity contribution >= 4 is 0 Å². The molecule has 0 aromatic carbocycles. The Morgan fingerprint density at radius 2 is 1.62 bits per heavy atom. The van der Waals surface area contributed by atoms with Gasteiger partial charge in [-0.1, -0.05) is 52.9 Å². The Balaban J connectivity index is 1.95. The molecule has 1 aliphatic rings. The minimum atomic E-state index is -0.0947. The molecule has 1 atom stereocenters. The van der Waals surface area contributed by atoms with Crippen LogP contribution in [-0.4, -0.2) is 22.9 Å². The highest BCUT2D eigenvalue weighted by molar-refractivity contribution is 4.92. The Morgan fingerprint density at radius 1 is 1.00 bits per heavy atom. The van der Waals surface area contributed by atoms with E-state index in [0.29, 0.717) is 17.4 Å². The summed E-state index contributed by atoms with van der Waals surface area (Å²) in [5, 5.41) is 19.1. The molecule has 1 fully saturated rings. The largest absolute Gasteiger partial charge is 0.396 e. The van der Waals surface area contributed by atoms with E-state index in [1.807, 2.05) is 0 Å². The van der Waals surface area contributed by atoms with Gasteiger partial charge in [0.05, 0.1) is 6.10 Å². The average Bonchev–Trinajstić information content (AvgIpc) is 3.20. The highest BCUT2D eigenvalue weighted by Crippen LogP contribution is 2.52. The van der Waals surface area contributed by atoms with Crippen LogP contribution in [0.15, 0.2) is 0 Å².